The molecule has 1 unspecified atom stereocenters. The molecule has 0 amide bonds. The maximum atomic E-state index is 12.3. The van der Waals surface area contributed by atoms with E-state index in [2.05, 4.69) is 13.8 Å². The van der Waals surface area contributed by atoms with Gasteiger partial charge in [0.05, 0.1) is 5.02 Å². The first-order valence-corrected chi connectivity index (χ1v) is 6.26. The monoisotopic (exact) mass is 236 g/mol. The van der Waals surface area contributed by atoms with Crippen LogP contribution in [0.5, 0.6) is 0 Å². The molecule has 0 N–H and O–H groups in total. The Morgan fingerprint density at radius 1 is 1.25 bits per heavy atom. The molecule has 1 aromatic carbocycles. The van der Waals surface area contributed by atoms with Crippen molar-refractivity contribution >= 4 is 17.4 Å². The Labute approximate surface area is 102 Å². The molecular weight excluding hydrogens is 220 g/mol. The molecule has 0 heterocycles. The summed E-state index contributed by atoms with van der Waals surface area (Å²) in [6, 6.07) is 7.36. The lowest BCUT2D eigenvalue weighted by Gasteiger charge is -2.14. The number of hydrogen-bond acceptors (Lipinski definition) is 1. The van der Waals surface area contributed by atoms with Crippen LogP contribution in [0.4, 0.5) is 0 Å². The van der Waals surface area contributed by atoms with Gasteiger partial charge in [-0.2, -0.15) is 0 Å². The molecule has 0 aromatic heterocycles. The third-order valence-corrected chi connectivity index (χ3v) is 3.92. The van der Waals surface area contributed by atoms with Crippen molar-refractivity contribution in [2.75, 3.05) is 0 Å². The van der Waals surface area contributed by atoms with Crippen molar-refractivity contribution in [3.8, 4) is 0 Å². The minimum Gasteiger partial charge on any atom is -0.294 e. The highest BCUT2D eigenvalue weighted by molar-refractivity contribution is 6.34. The van der Waals surface area contributed by atoms with Crippen LogP contribution in [0, 0.1) is 17.8 Å². The van der Waals surface area contributed by atoms with E-state index in [0.717, 1.165) is 12.8 Å². The molecule has 0 radical (unpaired) electrons. The maximum absolute atomic E-state index is 12.3. The van der Waals surface area contributed by atoms with E-state index in [1.165, 1.54) is 0 Å². The first-order chi connectivity index (χ1) is 7.59. The number of hydrogen-bond donors (Lipinski definition) is 0. The zero-order valence-corrected chi connectivity index (χ0v) is 10.5. The van der Waals surface area contributed by atoms with Gasteiger partial charge in [0.15, 0.2) is 5.78 Å². The van der Waals surface area contributed by atoms with E-state index in [-0.39, 0.29) is 11.7 Å². The zero-order valence-electron chi connectivity index (χ0n) is 9.74. The molecule has 2 heteroatoms. The van der Waals surface area contributed by atoms with Crippen molar-refractivity contribution in [1.82, 2.24) is 0 Å². The lowest BCUT2D eigenvalue weighted by Crippen LogP contribution is -2.17. The average molecular weight is 237 g/mol. The van der Waals surface area contributed by atoms with Crippen molar-refractivity contribution in [1.29, 1.82) is 0 Å². The molecule has 1 nitrogen and oxygen atoms in total. The molecule has 1 aliphatic carbocycles. The van der Waals surface area contributed by atoms with Crippen molar-refractivity contribution in [3.63, 3.8) is 0 Å². The number of carbonyl (C=O) groups is 1. The van der Waals surface area contributed by atoms with Gasteiger partial charge in [0.2, 0.25) is 0 Å². The Morgan fingerprint density at radius 3 is 2.50 bits per heavy atom. The Morgan fingerprint density at radius 2 is 1.94 bits per heavy atom. The predicted molar refractivity (Wildman–Crippen MR) is 66.8 cm³/mol. The van der Waals surface area contributed by atoms with Gasteiger partial charge in [-0.1, -0.05) is 37.6 Å². The summed E-state index contributed by atoms with van der Waals surface area (Å²) in [5.74, 6) is 1.53. The molecule has 1 fully saturated rings. The fraction of sp³-hybridized carbons (Fsp3) is 0.500. The molecule has 2 rings (SSSR count). The highest BCUT2D eigenvalue weighted by Crippen LogP contribution is 2.38. The first kappa shape index (κ1) is 11.7. The number of rotatable bonds is 2. The molecule has 1 saturated carbocycles. The van der Waals surface area contributed by atoms with Crippen LogP contribution < -0.4 is 0 Å². The zero-order chi connectivity index (χ0) is 11.7. The van der Waals surface area contributed by atoms with Gasteiger partial charge in [0.1, 0.15) is 0 Å². The predicted octanol–water partition coefficient (Wildman–Crippen LogP) is 4.20. The standard InChI is InChI=1S/C14H17ClO/c1-9-7-10(2)12(8-9)14(16)11-5-3-4-6-13(11)15/h3-6,9-10,12H,7-8H2,1-2H3/t9-,10+,12?/m0/s1. The fourth-order valence-electron chi connectivity index (χ4n) is 2.79. The number of ketones is 1. The minimum absolute atomic E-state index is 0.162. The van der Waals surface area contributed by atoms with Crippen molar-refractivity contribution in [2.24, 2.45) is 17.8 Å². The highest BCUT2D eigenvalue weighted by Gasteiger charge is 2.34. The van der Waals surface area contributed by atoms with Crippen LogP contribution in [0.1, 0.15) is 37.0 Å². The molecule has 0 bridgehead atoms. The highest BCUT2D eigenvalue weighted by atomic mass is 35.5. The molecule has 0 saturated heterocycles. The number of carbonyl (C=O) groups excluding carboxylic acids is 1. The van der Waals surface area contributed by atoms with E-state index >= 15 is 0 Å². The van der Waals surface area contributed by atoms with Gasteiger partial charge in [-0.25, -0.2) is 0 Å². The Hall–Kier alpha value is -0.820. The van der Waals surface area contributed by atoms with Crippen molar-refractivity contribution in [3.05, 3.63) is 34.9 Å². The summed E-state index contributed by atoms with van der Waals surface area (Å²) in [6.45, 7) is 4.39. The van der Waals surface area contributed by atoms with E-state index in [0.29, 0.717) is 22.4 Å². The van der Waals surface area contributed by atoms with Crippen LogP contribution in [0.2, 0.25) is 5.02 Å². The van der Waals surface area contributed by atoms with Gasteiger partial charge in [0.25, 0.3) is 0 Å². The number of benzene rings is 1. The van der Waals surface area contributed by atoms with Crippen LogP contribution in [0.3, 0.4) is 0 Å². The van der Waals surface area contributed by atoms with Gasteiger partial charge < -0.3 is 0 Å². The third kappa shape index (κ3) is 2.15. The summed E-state index contributed by atoms with van der Waals surface area (Å²) in [5, 5.41) is 0.583. The third-order valence-electron chi connectivity index (χ3n) is 3.59. The maximum Gasteiger partial charge on any atom is 0.167 e. The lowest BCUT2D eigenvalue weighted by atomic mass is 9.89. The second kappa shape index (κ2) is 4.58. The topological polar surface area (TPSA) is 17.1 Å². The smallest absolute Gasteiger partial charge is 0.167 e. The molecule has 1 aromatic rings. The van der Waals surface area contributed by atoms with Crippen LogP contribution in [0.25, 0.3) is 0 Å². The minimum atomic E-state index is 0.162. The fourth-order valence-corrected chi connectivity index (χ4v) is 3.02. The van der Waals surface area contributed by atoms with Gasteiger partial charge >= 0.3 is 0 Å². The molecule has 1 aliphatic rings. The van der Waals surface area contributed by atoms with E-state index in [1.807, 2.05) is 18.2 Å². The second-order valence-corrected chi connectivity index (χ2v) is 5.41. The van der Waals surface area contributed by atoms with Crippen LogP contribution in [-0.2, 0) is 0 Å². The van der Waals surface area contributed by atoms with E-state index < -0.39 is 0 Å². The lowest BCUT2D eigenvalue weighted by molar-refractivity contribution is 0.0896. The molecule has 0 aliphatic heterocycles. The first-order valence-electron chi connectivity index (χ1n) is 5.88. The SMILES string of the molecule is C[C@@H]1CC(C(=O)c2ccccc2Cl)[C@H](C)C1. The quantitative estimate of drug-likeness (QED) is 0.704. The van der Waals surface area contributed by atoms with Crippen LogP contribution >= 0.6 is 11.6 Å². The largest absolute Gasteiger partial charge is 0.294 e. The summed E-state index contributed by atoms with van der Waals surface area (Å²) in [6.07, 6.45) is 2.16. The summed E-state index contributed by atoms with van der Waals surface area (Å²) < 4.78 is 0. The van der Waals surface area contributed by atoms with Gasteiger partial charge in [0, 0.05) is 11.5 Å². The summed E-state index contributed by atoms with van der Waals surface area (Å²) in [7, 11) is 0. The Kier molecular flexibility index (Phi) is 3.34. The number of Topliss-reactive ketones (excluding diaryl/α,β-unsaturated/α-hetero) is 1. The van der Waals surface area contributed by atoms with Crippen molar-refractivity contribution in [2.45, 2.75) is 26.7 Å². The average Bonchev–Trinajstić information content (AvgIpc) is 2.58. The van der Waals surface area contributed by atoms with E-state index in [1.54, 1.807) is 6.07 Å². The van der Waals surface area contributed by atoms with Crippen LogP contribution in [0.15, 0.2) is 24.3 Å². The van der Waals surface area contributed by atoms with Crippen molar-refractivity contribution < 1.29 is 4.79 Å². The summed E-state index contributed by atoms with van der Waals surface area (Å²) in [4.78, 5) is 12.3. The summed E-state index contributed by atoms with van der Waals surface area (Å²) >= 11 is 6.06. The molecule has 0 spiro atoms. The molecule has 3 atom stereocenters. The molecule has 86 valence electrons. The van der Waals surface area contributed by atoms with E-state index in [4.69, 9.17) is 11.6 Å². The van der Waals surface area contributed by atoms with Crippen LogP contribution in [-0.4, -0.2) is 5.78 Å². The van der Waals surface area contributed by atoms with Gasteiger partial charge in [-0.15, -0.1) is 0 Å². The molecule has 16 heavy (non-hydrogen) atoms. The Balaban J connectivity index is 2.23. The normalized spacial score (nSPS) is 29.3. The summed E-state index contributed by atoms with van der Waals surface area (Å²) in [5.41, 5.74) is 0.690. The number of halogens is 1. The van der Waals surface area contributed by atoms with Gasteiger partial charge in [-0.3, -0.25) is 4.79 Å². The Bertz CT molecular complexity index is 399. The molecular formula is C14H17ClO. The van der Waals surface area contributed by atoms with E-state index in [9.17, 15) is 4.79 Å². The van der Waals surface area contributed by atoms with Gasteiger partial charge in [-0.05, 0) is 36.8 Å². The second-order valence-electron chi connectivity index (χ2n) is 5.00.